The van der Waals surface area contributed by atoms with Gasteiger partial charge in [-0.05, 0) is 84.0 Å². The Labute approximate surface area is 240 Å². The Bertz CT molecular complexity index is 1940. The van der Waals surface area contributed by atoms with Crippen molar-refractivity contribution in [3.8, 4) is 11.1 Å². The zero-order chi connectivity index (χ0) is 27.3. The van der Waals surface area contributed by atoms with Crippen molar-refractivity contribution >= 4 is 38.9 Å². The fraction of sp³-hybridized carbons (Fsp3) is 0.135. The molecule has 4 nitrogen and oxygen atoms in total. The zero-order valence-corrected chi connectivity index (χ0v) is 22.8. The van der Waals surface area contributed by atoms with Crippen LogP contribution in [0.5, 0.6) is 0 Å². The molecule has 0 radical (unpaired) electrons. The molecular formula is C37H32N4. The lowest BCUT2D eigenvalue weighted by Gasteiger charge is -2.47. The molecule has 41 heavy (non-hydrogen) atoms. The number of hydrazine groups is 1. The number of allylic oxidation sites excluding steroid dienone is 6. The number of fused-ring (bicyclic) bond motifs is 4. The number of hydrogen-bond donors (Lipinski definition) is 3. The van der Waals surface area contributed by atoms with E-state index in [-0.39, 0.29) is 6.04 Å². The Hall–Kier alpha value is -4.96. The fourth-order valence-corrected chi connectivity index (χ4v) is 6.68. The summed E-state index contributed by atoms with van der Waals surface area (Å²) in [5.74, 6) is 0.299. The minimum absolute atomic E-state index is 0.0985. The summed E-state index contributed by atoms with van der Waals surface area (Å²) in [4.78, 5) is 3.56. The number of H-pyrrole nitrogens is 1. The molecule has 200 valence electrons. The van der Waals surface area contributed by atoms with Crippen LogP contribution in [0.3, 0.4) is 0 Å². The van der Waals surface area contributed by atoms with Crippen LogP contribution < -0.4 is 16.2 Å². The Kier molecular flexibility index (Phi) is 5.59. The van der Waals surface area contributed by atoms with Gasteiger partial charge in [-0.25, -0.2) is 0 Å². The number of aromatic nitrogens is 1. The maximum Gasteiger partial charge on any atom is 0.104 e. The number of benzene rings is 4. The average Bonchev–Trinajstić information content (AvgIpc) is 3.39. The smallest absolute Gasteiger partial charge is 0.104 e. The molecule has 8 rings (SSSR count). The number of rotatable bonds is 5. The van der Waals surface area contributed by atoms with Crippen LogP contribution in [-0.4, -0.2) is 4.98 Å². The first-order chi connectivity index (χ1) is 20.2. The second kappa shape index (κ2) is 9.60. The minimum atomic E-state index is 0.0985. The van der Waals surface area contributed by atoms with Crippen molar-refractivity contribution in [2.75, 3.05) is 16.2 Å². The monoisotopic (exact) mass is 532 g/mol. The van der Waals surface area contributed by atoms with E-state index in [1.807, 2.05) is 12.1 Å². The van der Waals surface area contributed by atoms with E-state index in [4.69, 9.17) is 5.73 Å². The standard InChI is InChI=1S/C37H32N4/c38-31-15-9-17-35-36(31)37(25-12-5-2-6-13-25)41(35)40-34-21-19-26(22-29(34)24-10-3-1-4-11-24)27-18-20-33-30(23-27)28-14-7-8-16-32(28)39-33/h1,3-5,7-10,12-24,37,39-40H,2,6,11,38H2. The maximum atomic E-state index is 6.50. The van der Waals surface area contributed by atoms with Gasteiger partial charge in [0.25, 0.3) is 0 Å². The molecule has 2 aliphatic carbocycles. The molecule has 2 heterocycles. The van der Waals surface area contributed by atoms with Crippen LogP contribution in [0, 0.1) is 0 Å². The number of nitrogens with zero attached hydrogens (tertiary/aromatic N) is 1. The van der Waals surface area contributed by atoms with Gasteiger partial charge < -0.3 is 10.7 Å². The van der Waals surface area contributed by atoms with Crippen molar-refractivity contribution in [2.24, 2.45) is 0 Å². The summed E-state index contributed by atoms with van der Waals surface area (Å²) >= 11 is 0. The lowest BCUT2D eigenvalue weighted by Crippen LogP contribution is -2.44. The Morgan fingerprint density at radius 3 is 2.56 bits per heavy atom. The number of anilines is 3. The maximum absolute atomic E-state index is 6.50. The van der Waals surface area contributed by atoms with E-state index in [2.05, 4.69) is 125 Å². The molecule has 1 aliphatic heterocycles. The number of nitrogen functional groups attached to an aromatic ring is 1. The van der Waals surface area contributed by atoms with Gasteiger partial charge in [-0.15, -0.1) is 0 Å². The summed E-state index contributed by atoms with van der Waals surface area (Å²) in [6, 6.07) is 28.5. The highest BCUT2D eigenvalue weighted by Gasteiger charge is 2.39. The van der Waals surface area contributed by atoms with Crippen molar-refractivity contribution in [3.05, 3.63) is 138 Å². The van der Waals surface area contributed by atoms with Gasteiger partial charge in [0.1, 0.15) is 6.04 Å². The van der Waals surface area contributed by atoms with E-state index in [9.17, 15) is 0 Å². The van der Waals surface area contributed by atoms with Gasteiger partial charge in [0.2, 0.25) is 0 Å². The van der Waals surface area contributed by atoms with E-state index in [1.54, 1.807) is 0 Å². The third kappa shape index (κ3) is 3.98. The molecule has 0 saturated heterocycles. The molecule has 2 atom stereocenters. The Morgan fingerprint density at radius 2 is 1.68 bits per heavy atom. The van der Waals surface area contributed by atoms with E-state index < -0.39 is 0 Å². The van der Waals surface area contributed by atoms with Gasteiger partial charge in [0.05, 0.1) is 11.4 Å². The van der Waals surface area contributed by atoms with Crippen LogP contribution >= 0.6 is 0 Å². The second-order valence-electron chi connectivity index (χ2n) is 11.2. The first-order valence-corrected chi connectivity index (χ1v) is 14.5. The highest BCUT2D eigenvalue weighted by molar-refractivity contribution is 6.08. The quantitative estimate of drug-likeness (QED) is 0.198. The highest BCUT2D eigenvalue weighted by atomic mass is 15.6. The van der Waals surface area contributed by atoms with Crippen molar-refractivity contribution in [1.29, 1.82) is 0 Å². The number of nitrogens with one attached hydrogen (secondary N) is 2. The molecule has 0 bridgehead atoms. The number of aromatic amines is 1. The van der Waals surface area contributed by atoms with Crippen LogP contribution in [-0.2, 0) is 0 Å². The van der Waals surface area contributed by atoms with Gasteiger partial charge in [0.15, 0.2) is 0 Å². The normalized spacial score (nSPS) is 19.3. The van der Waals surface area contributed by atoms with Gasteiger partial charge in [-0.3, -0.25) is 10.4 Å². The van der Waals surface area contributed by atoms with E-state index in [1.165, 1.54) is 49.6 Å². The van der Waals surface area contributed by atoms with Crippen molar-refractivity contribution in [3.63, 3.8) is 0 Å². The van der Waals surface area contributed by atoms with E-state index in [0.717, 1.165) is 36.3 Å². The van der Waals surface area contributed by atoms with Gasteiger partial charge in [-0.2, -0.15) is 0 Å². The summed E-state index contributed by atoms with van der Waals surface area (Å²) in [7, 11) is 0. The predicted octanol–water partition coefficient (Wildman–Crippen LogP) is 9.33. The number of hydrogen-bond acceptors (Lipinski definition) is 3. The topological polar surface area (TPSA) is 57.1 Å². The van der Waals surface area contributed by atoms with Gasteiger partial charge >= 0.3 is 0 Å². The summed E-state index contributed by atoms with van der Waals surface area (Å²) in [5, 5.41) is 4.82. The largest absolute Gasteiger partial charge is 0.398 e. The SMILES string of the molecule is Nc1cccc2c1C(C1=CCCC=C1)N2Nc1ccc(-c2ccc3[nH]c4ccccc4c3c2)cc1C1C=CC=CC1. The van der Waals surface area contributed by atoms with E-state index >= 15 is 0 Å². The van der Waals surface area contributed by atoms with Crippen LogP contribution in [0.4, 0.5) is 17.1 Å². The first-order valence-electron chi connectivity index (χ1n) is 14.5. The van der Waals surface area contributed by atoms with Gasteiger partial charge in [0, 0.05) is 39.0 Å². The van der Waals surface area contributed by atoms with E-state index in [0.29, 0.717) is 5.92 Å². The average molecular weight is 533 g/mol. The lowest BCUT2D eigenvalue weighted by atomic mass is 9.85. The van der Waals surface area contributed by atoms with Crippen molar-refractivity contribution in [1.82, 2.24) is 4.98 Å². The first kappa shape index (κ1) is 23.9. The third-order valence-corrected chi connectivity index (χ3v) is 8.76. The predicted molar refractivity (Wildman–Crippen MR) is 173 cm³/mol. The Balaban J connectivity index is 1.21. The molecule has 3 aliphatic rings. The van der Waals surface area contributed by atoms with Crippen molar-refractivity contribution < 1.29 is 0 Å². The summed E-state index contributed by atoms with van der Waals surface area (Å²) in [5.41, 5.74) is 22.1. The molecule has 5 aromatic rings. The van der Waals surface area contributed by atoms with Crippen molar-refractivity contribution in [2.45, 2.75) is 31.2 Å². The number of nitrogens with two attached hydrogens (primary N) is 1. The van der Waals surface area contributed by atoms with Crippen LogP contribution in [0.15, 0.2) is 127 Å². The third-order valence-electron chi connectivity index (χ3n) is 8.76. The molecule has 4 aromatic carbocycles. The molecule has 0 fully saturated rings. The molecule has 1 aromatic heterocycles. The van der Waals surface area contributed by atoms with Crippen LogP contribution in [0.2, 0.25) is 0 Å². The molecule has 4 heteroatoms. The summed E-state index contributed by atoms with van der Waals surface area (Å²) < 4.78 is 0. The van der Waals surface area contributed by atoms with Crippen LogP contribution in [0.1, 0.15) is 42.3 Å². The summed E-state index contributed by atoms with van der Waals surface area (Å²) in [6.45, 7) is 0. The summed E-state index contributed by atoms with van der Waals surface area (Å²) in [6.07, 6.45) is 18.9. The Morgan fingerprint density at radius 1 is 0.805 bits per heavy atom. The molecule has 0 amide bonds. The second-order valence-corrected chi connectivity index (χ2v) is 11.2. The molecule has 0 spiro atoms. The highest BCUT2D eigenvalue weighted by Crippen LogP contribution is 2.51. The molecule has 2 unspecified atom stereocenters. The van der Waals surface area contributed by atoms with Crippen LogP contribution in [0.25, 0.3) is 32.9 Å². The zero-order valence-electron chi connectivity index (χ0n) is 22.8. The van der Waals surface area contributed by atoms with Gasteiger partial charge in [-0.1, -0.05) is 78.9 Å². The molecular weight excluding hydrogens is 500 g/mol. The molecule has 4 N–H and O–H groups in total. The lowest BCUT2D eigenvalue weighted by molar-refractivity contribution is 0.694. The fourth-order valence-electron chi connectivity index (χ4n) is 6.68. The minimum Gasteiger partial charge on any atom is -0.398 e. The number of para-hydroxylation sites is 1. The molecule has 0 saturated carbocycles.